The Morgan fingerprint density at radius 3 is 2.18 bits per heavy atom. The highest BCUT2D eigenvalue weighted by Crippen LogP contribution is 2.22. The summed E-state index contributed by atoms with van der Waals surface area (Å²) >= 11 is 0. The largest absolute Gasteiger partial charge is 0.481 e. The van der Waals surface area contributed by atoms with Gasteiger partial charge in [-0.05, 0) is 66.5 Å². The van der Waals surface area contributed by atoms with Crippen molar-refractivity contribution < 1.29 is 14.3 Å². The van der Waals surface area contributed by atoms with Crippen LogP contribution in [0.2, 0.25) is 0 Å². The van der Waals surface area contributed by atoms with Crippen LogP contribution >= 0.6 is 0 Å². The lowest BCUT2D eigenvalue weighted by Gasteiger charge is -2.12. The van der Waals surface area contributed by atoms with Crippen LogP contribution in [-0.4, -0.2) is 11.1 Å². The Labute approximate surface area is 165 Å². The molecule has 1 N–H and O–H groups in total. The van der Waals surface area contributed by atoms with E-state index in [1.165, 1.54) is 17.7 Å². The monoisotopic (exact) mass is 376 g/mol. The summed E-state index contributed by atoms with van der Waals surface area (Å²) in [7, 11) is 0. The van der Waals surface area contributed by atoms with Crippen molar-refractivity contribution in [3.8, 4) is 11.1 Å². The molecule has 0 bridgehead atoms. The van der Waals surface area contributed by atoms with E-state index in [4.69, 9.17) is 0 Å². The lowest BCUT2D eigenvalue weighted by Crippen LogP contribution is -2.15. The van der Waals surface area contributed by atoms with Crippen LogP contribution in [0.4, 0.5) is 4.39 Å². The van der Waals surface area contributed by atoms with Gasteiger partial charge in [-0.1, -0.05) is 66.7 Å². The SMILES string of the molecule is O=C(O)C(CCCc1ccccc1)CCc1ccc(-c2cccc(F)c2)cc1. The van der Waals surface area contributed by atoms with E-state index in [1.807, 2.05) is 48.5 Å². The number of hydrogen-bond acceptors (Lipinski definition) is 1. The van der Waals surface area contributed by atoms with Crippen molar-refractivity contribution in [3.05, 3.63) is 95.8 Å². The molecule has 2 nitrogen and oxygen atoms in total. The van der Waals surface area contributed by atoms with Gasteiger partial charge in [0.05, 0.1) is 5.92 Å². The van der Waals surface area contributed by atoms with Crippen LogP contribution < -0.4 is 0 Å². The first-order valence-corrected chi connectivity index (χ1v) is 9.73. The van der Waals surface area contributed by atoms with Gasteiger partial charge < -0.3 is 5.11 Å². The predicted octanol–water partition coefficient (Wildman–Crippen LogP) is 6.15. The number of halogens is 1. The second kappa shape index (κ2) is 9.84. The van der Waals surface area contributed by atoms with Gasteiger partial charge in [-0.25, -0.2) is 4.39 Å². The molecule has 0 aromatic heterocycles. The number of aryl methyl sites for hydroxylation is 2. The molecule has 3 rings (SSSR count). The minimum Gasteiger partial charge on any atom is -0.481 e. The quantitative estimate of drug-likeness (QED) is 0.486. The van der Waals surface area contributed by atoms with Crippen molar-refractivity contribution in [3.63, 3.8) is 0 Å². The molecule has 1 atom stereocenters. The number of carbonyl (C=O) groups is 1. The molecule has 3 aromatic rings. The minimum atomic E-state index is -0.718. The normalized spacial score (nSPS) is 11.9. The standard InChI is InChI=1S/C25H25FO2/c26-24-11-5-10-23(18-24)21-15-12-20(13-16-21)14-17-22(25(27)28)9-4-8-19-6-2-1-3-7-19/h1-3,5-7,10-13,15-16,18,22H,4,8-9,14,17H2,(H,27,28). The fourth-order valence-electron chi connectivity index (χ4n) is 3.46. The van der Waals surface area contributed by atoms with Gasteiger partial charge in [0.15, 0.2) is 0 Å². The van der Waals surface area contributed by atoms with E-state index in [-0.39, 0.29) is 11.7 Å². The van der Waals surface area contributed by atoms with E-state index in [1.54, 1.807) is 6.07 Å². The van der Waals surface area contributed by atoms with E-state index >= 15 is 0 Å². The minimum absolute atomic E-state index is 0.249. The van der Waals surface area contributed by atoms with Gasteiger partial charge >= 0.3 is 5.97 Å². The predicted molar refractivity (Wildman–Crippen MR) is 111 cm³/mol. The lowest BCUT2D eigenvalue weighted by atomic mass is 9.93. The number of benzene rings is 3. The highest BCUT2D eigenvalue weighted by molar-refractivity contribution is 5.70. The van der Waals surface area contributed by atoms with Crippen molar-refractivity contribution >= 4 is 5.97 Å². The molecular weight excluding hydrogens is 351 g/mol. The molecule has 0 amide bonds. The molecule has 0 saturated carbocycles. The molecule has 0 heterocycles. The Kier molecular flexibility index (Phi) is 6.96. The number of aliphatic carboxylic acids is 1. The smallest absolute Gasteiger partial charge is 0.306 e. The number of rotatable bonds is 9. The second-order valence-corrected chi connectivity index (χ2v) is 7.16. The van der Waals surface area contributed by atoms with Crippen LogP contribution in [-0.2, 0) is 17.6 Å². The van der Waals surface area contributed by atoms with E-state index < -0.39 is 5.97 Å². The first-order chi connectivity index (χ1) is 13.6. The molecule has 0 aliphatic rings. The molecule has 3 heteroatoms. The second-order valence-electron chi connectivity index (χ2n) is 7.16. The molecule has 28 heavy (non-hydrogen) atoms. The molecule has 0 aliphatic heterocycles. The Morgan fingerprint density at radius 1 is 0.786 bits per heavy atom. The number of hydrogen-bond donors (Lipinski definition) is 1. The lowest BCUT2D eigenvalue weighted by molar-refractivity contribution is -0.142. The number of carboxylic acids is 1. The molecule has 3 aromatic carbocycles. The van der Waals surface area contributed by atoms with E-state index in [9.17, 15) is 14.3 Å². The van der Waals surface area contributed by atoms with Gasteiger partial charge in [-0.15, -0.1) is 0 Å². The van der Waals surface area contributed by atoms with Crippen LogP contribution in [0.3, 0.4) is 0 Å². The Morgan fingerprint density at radius 2 is 1.50 bits per heavy atom. The summed E-state index contributed by atoms with van der Waals surface area (Å²) in [5.74, 6) is -1.29. The first kappa shape index (κ1) is 19.8. The molecular formula is C25H25FO2. The molecule has 1 unspecified atom stereocenters. The third-order valence-corrected chi connectivity index (χ3v) is 5.10. The Bertz CT molecular complexity index is 888. The van der Waals surface area contributed by atoms with Gasteiger partial charge in [0.1, 0.15) is 5.82 Å². The van der Waals surface area contributed by atoms with E-state index in [0.29, 0.717) is 12.8 Å². The Hall–Kier alpha value is -2.94. The van der Waals surface area contributed by atoms with Crippen molar-refractivity contribution in [2.75, 3.05) is 0 Å². The zero-order chi connectivity index (χ0) is 19.8. The van der Waals surface area contributed by atoms with Gasteiger partial charge in [0, 0.05) is 0 Å². The highest BCUT2D eigenvalue weighted by Gasteiger charge is 2.17. The molecule has 144 valence electrons. The van der Waals surface area contributed by atoms with Crippen molar-refractivity contribution in [2.24, 2.45) is 5.92 Å². The summed E-state index contributed by atoms with van der Waals surface area (Å²) < 4.78 is 13.4. The summed E-state index contributed by atoms with van der Waals surface area (Å²) in [6, 6.07) is 24.6. The number of carboxylic acid groups (broad SMARTS) is 1. The summed E-state index contributed by atoms with van der Waals surface area (Å²) in [6.07, 6.45) is 3.83. The van der Waals surface area contributed by atoms with Crippen molar-refractivity contribution in [1.82, 2.24) is 0 Å². The van der Waals surface area contributed by atoms with Crippen molar-refractivity contribution in [2.45, 2.75) is 32.1 Å². The fraction of sp³-hybridized carbons (Fsp3) is 0.240. The maximum absolute atomic E-state index is 13.4. The molecule has 0 fully saturated rings. The third-order valence-electron chi connectivity index (χ3n) is 5.10. The molecule has 0 spiro atoms. The van der Waals surface area contributed by atoms with Crippen LogP contribution in [0.15, 0.2) is 78.9 Å². The zero-order valence-electron chi connectivity index (χ0n) is 15.9. The molecule has 0 aliphatic carbocycles. The van der Waals surface area contributed by atoms with Crippen LogP contribution in [0.5, 0.6) is 0 Å². The highest BCUT2D eigenvalue weighted by atomic mass is 19.1. The first-order valence-electron chi connectivity index (χ1n) is 9.73. The van der Waals surface area contributed by atoms with Crippen LogP contribution in [0.1, 0.15) is 30.4 Å². The van der Waals surface area contributed by atoms with E-state index in [2.05, 4.69) is 12.1 Å². The van der Waals surface area contributed by atoms with E-state index in [0.717, 1.165) is 36.0 Å². The Balaban J connectivity index is 1.52. The third kappa shape index (κ3) is 5.78. The fourth-order valence-corrected chi connectivity index (χ4v) is 3.46. The van der Waals surface area contributed by atoms with Crippen LogP contribution in [0.25, 0.3) is 11.1 Å². The van der Waals surface area contributed by atoms with Gasteiger partial charge in [-0.3, -0.25) is 4.79 Å². The summed E-state index contributed by atoms with van der Waals surface area (Å²) in [5, 5.41) is 9.53. The maximum Gasteiger partial charge on any atom is 0.306 e. The molecule has 0 radical (unpaired) electrons. The van der Waals surface area contributed by atoms with Gasteiger partial charge in [-0.2, -0.15) is 0 Å². The topological polar surface area (TPSA) is 37.3 Å². The average molecular weight is 376 g/mol. The van der Waals surface area contributed by atoms with Gasteiger partial charge in [0.2, 0.25) is 0 Å². The van der Waals surface area contributed by atoms with Crippen LogP contribution in [0, 0.1) is 11.7 Å². The summed E-state index contributed by atoms with van der Waals surface area (Å²) in [5.41, 5.74) is 4.16. The summed E-state index contributed by atoms with van der Waals surface area (Å²) in [4.78, 5) is 11.6. The van der Waals surface area contributed by atoms with Crippen molar-refractivity contribution in [1.29, 1.82) is 0 Å². The summed E-state index contributed by atoms with van der Waals surface area (Å²) in [6.45, 7) is 0. The van der Waals surface area contributed by atoms with Gasteiger partial charge in [0.25, 0.3) is 0 Å². The zero-order valence-corrected chi connectivity index (χ0v) is 15.9. The molecule has 0 saturated heterocycles. The average Bonchev–Trinajstić information content (AvgIpc) is 2.71. The maximum atomic E-state index is 13.4.